The molecule has 3 unspecified atom stereocenters. The van der Waals surface area contributed by atoms with Gasteiger partial charge in [-0.3, -0.25) is 9.20 Å². The second-order valence-electron chi connectivity index (χ2n) is 6.18. The molecule has 0 bridgehead atoms. The molecule has 5 nitrogen and oxygen atoms in total. The number of benzene rings is 1. The number of nitrogens with one attached hydrogen (secondary N) is 2. The average molecular weight is 430 g/mol. The van der Waals surface area contributed by atoms with Gasteiger partial charge in [0.25, 0.3) is 0 Å². The summed E-state index contributed by atoms with van der Waals surface area (Å²) in [5.41, 5.74) is 1.06. The van der Waals surface area contributed by atoms with Crippen molar-refractivity contribution >= 4 is 32.7 Å². The molecule has 0 heterocycles. The maximum absolute atomic E-state index is 12.1. The maximum atomic E-state index is 12.1. The molecule has 0 aromatic heterocycles. The molecule has 25 heavy (non-hydrogen) atoms. The van der Waals surface area contributed by atoms with Crippen molar-refractivity contribution in [2.45, 2.75) is 50.4 Å². The smallest absolute Gasteiger partial charge is 0.191 e. The van der Waals surface area contributed by atoms with Crippen LogP contribution in [-0.2, 0) is 17.3 Å². The molecule has 1 aromatic carbocycles. The third kappa shape index (κ3) is 5.99. The molecule has 1 fully saturated rings. The lowest BCUT2D eigenvalue weighted by Crippen LogP contribution is -2.46. The van der Waals surface area contributed by atoms with Crippen LogP contribution in [0.1, 0.15) is 38.2 Å². The quantitative estimate of drug-likeness (QED) is 0.538. The third-order valence-corrected chi connectivity index (χ3v) is 6.77. The molecule has 1 aromatic rings. The standard InChI is InChI=1S/C18H28BrN3O2S/c1-4-25(23)16-7-5-6-15(11-16)22-18(20-2)21-12-13-10-14(19)8-9-17(13)24-3/h8-10,15-16H,4-7,11-12H2,1-3H3,(H2,20,21,22). The van der Waals surface area contributed by atoms with Crippen molar-refractivity contribution in [1.29, 1.82) is 0 Å². The largest absolute Gasteiger partial charge is 0.496 e. The zero-order chi connectivity index (χ0) is 18.2. The van der Waals surface area contributed by atoms with Gasteiger partial charge in [-0.1, -0.05) is 29.3 Å². The van der Waals surface area contributed by atoms with Crippen molar-refractivity contribution in [3.05, 3.63) is 28.2 Å². The maximum Gasteiger partial charge on any atom is 0.191 e. The molecule has 140 valence electrons. The van der Waals surface area contributed by atoms with Crippen LogP contribution in [0.5, 0.6) is 5.75 Å². The van der Waals surface area contributed by atoms with E-state index in [1.165, 1.54) is 0 Å². The Labute approximate surface area is 161 Å². The predicted molar refractivity (Wildman–Crippen MR) is 109 cm³/mol. The van der Waals surface area contributed by atoms with E-state index in [0.29, 0.717) is 17.8 Å². The Morgan fingerprint density at radius 1 is 1.44 bits per heavy atom. The first kappa shape index (κ1) is 20.2. The van der Waals surface area contributed by atoms with Gasteiger partial charge < -0.3 is 15.4 Å². The number of ether oxygens (including phenoxy) is 1. The second-order valence-corrected chi connectivity index (χ2v) is 9.10. The Bertz CT molecular complexity index is 624. The zero-order valence-corrected chi connectivity index (χ0v) is 17.6. The molecule has 0 spiro atoms. The normalized spacial score (nSPS) is 22.3. The first-order valence-corrected chi connectivity index (χ1v) is 10.9. The van der Waals surface area contributed by atoms with Gasteiger partial charge in [-0.2, -0.15) is 0 Å². The number of rotatable bonds is 6. The number of hydrogen-bond donors (Lipinski definition) is 2. The van der Waals surface area contributed by atoms with E-state index in [1.54, 1.807) is 14.2 Å². The van der Waals surface area contributed by atoms with Crippen molar-refractivity contribution in [1.82, 2.24) is 10.6 Å². The minimum Gasteiger partial charge on any atom is -0.496 e. The molecule has 2 N–H and O–H groups in total. The summed E-state index contributed by atoms with van der Waals surface area (Å²) in [4.78, 5) is 4.33. The van der Waals surface area contributed by atoms with Crippen LogP contribution in [0.25, 0.3) is 0 Å². The molecule has 7 heteroatoms. The highest BCUT2D eigenvalue weighted by molar-refractivity contribution is 9.10. The molecule has 1 saturated carbocycles. The molecular formula is C18H28BrN3O2S. The van der Waals surface area contributed by atoms with Crippen LogP contribution in [0.3, 0.4) is 0 Å². The van der Waals surface area contributed by atoms with E-state index in [9.17, 15) is 4.21 Å². The van der Waals surface area contributed by atoms with Crippen molar-refractivity contribution in [3.63, 3.8) is 0 Å². The zero-order valence-electron chi connectivity index (χ0n) is 15.2. The van der Waals surface area contributed by atoms with E-state index < -0.39 is 10.8 Å². The van der Waals surface area contributed by atoms with Crippen LogP contribution in [0, 0.1) is 0 Å². The fraction of sp³-hybridized carbons (Fsp3) is 0.611. The van der Waals surface area contributed by atoms with Gasteiger partial charge in [-0.15, -0.1) is 0 Å². The van der Waals surface area contributed by atoms with Crippen LogP contribution in [0.2, 0.25) is 0 Å². The van der Waals surface area contributed by atoms with Crippen LogP contribution < -0.4 is 15.4 Å². The molecule has 2 rings (SSSR count). The van der Waals surface area contributed by atoms with Crippen molar-refractivity contribution in [2.24, 2.45) is 4.99 Å². The third-order valence-electron chi connectivity index (χ3n) is 4.54. The first-order valence-electron chi connectivity index (χ1n) is 8.74. The Balaban J connectivity index is 1.93. The second kappa shape index (κ2) is 10.2. The van der Waals surface area contributed by atoms with Gasteiger partial charge in [0, 0.05) is 51.5 Å². The number of halogens is 1. The lowest BCUT2D eigenvalue weighted by atomic mass is 9.95. The van der Waals surface area contributed by atoms with Gasteiger partial charge >= 0.3 is 0 Å². The summed E-state index contributed by atoms with van der Waals surface area (Å²) in [7, 11) is 2.74. The molecule has 1 aliphatic carbocycles. The fourth-order valence-corrected chi connectivity index (χ4v) is 4.96. The van der Waals surface area contributed by atoms with Gasteiger partial charge in [-0.05, 0) is 37.5 Å². The van der Waals surface area contributed by atoms with E-state index in [0.717, 1.165) is 53.2 Å². The summed E-state index contributed by atoms with van der Waals surface area (Å²) < 4.78 is 18.5. The lowest BCUT2D eigenvalue weighted by Gasteiger charge is -2.30. The van der Waals surface area contributed by atoms with E-state index in [1.807, 2.05) is 25.1 Å². The summed E-state index contributed by atoms with van der Waals surface area (Å²) >= 11 is 3.50. The minimum atomic E-state index is -0.713. The van der Waals surface area contributed by atoms with Crippen LogP contribution in [-0.4, -0.2) is 41.4 Å². The van der Waals surface area contributed by atoms with Gasteiger partial charge in [0.1, 0.15) is 5.75 Å². The highest BCUT2D eigenvalue weighted by Gasteiger charge is 2.26. The molecule has 3 atom stereocenters. The molecular weight excluding hydrogens is 402 g/mol. The number of guanidine groups is 1. The summed E-state index contributed by atoms with van der Waals surface area (Å²) in [6, 6.07) is 6.28. The van der Waals surface area contributed by atoms with Gasteiger partial charge in [-0.25, -0.2) is 0 Å². The number of hydrogen-bond acceptors (Lipinski definition) is 3. The van der Waals surface area contributed by atoms with Crippen molar-refractivity contribution < 1.29 is 8.95 Å². The molecule has 0 saturated heterocycles. The number of nitrogens with zero attached hydrogens (tertiary/aromatic N) is 1. The Morgan fingerprint density at radius 3 is 2.92 bits per heavy atom. The monoisotopic (exact) mass is 429 g/mol. The van der Waals surface area contributed by atoms with E-state index in [2.05, 4.69) is 31.6 Å². The first-order chi connectivity index (χ1) is 12.1. The molecule has 1 aliphatic rings. The summed E-state index contributed by atoms with van der Waals surface area (Å²) in [5.74, 6) is 2.37. The van der Waals surface area contributed by atoms with Gasteiger partial charge in [0.15, 0.2) is 5.96 Å². The summed E-state index contributed by atoms with van der Waals surface area (Å²) in [6.45, 7) is 2.62. The van der Waals surface area contributed by atoms with Crippen molar-refractivity contribution in [2.75, 3.05) is 19.9 Å². The van der Waals surface area contributed by atoms with Crippen molar-refractivity contribution in [3.8, 4) is 5.75 Å². The molecule has 0 amide bonds. The summed E-state index contributed by atoms with van der Waals surface area (Å²) in [6.07, 6.45) is 4.23. The van der Waals surface area contributed by atoms with Gasteiger partial charge in [0.2, 0.25) is 0 Å². The number of aliphatic imine (C=N–C) groups is 1. The van der Waals surface area contributed by atoms with E-state index in [4.69, 9.17) is 4.74 Å². The molecule has 0 radical (unpaired) electrons. The highest BCUT2D eigenvalue weighted by atomic mass is 79.9. The Morgan fingerprint density at radius 2 is 2.24 bits per heavy atom. The number of methoxy groups -OCH3 is 1. The Hall–Kier alpha value is -1.08. The average Bonchev–Trinajstić information content (AvgIpc) is 2.64. The highest BCUT2D eigenvalue weighted by Crippen LogP contribution is 2.24. The fourth-order valence-electron chi connectivity index (χ4n) is 3.20. The van der Waals surface area contributed by atoms with Gasteiger partial charge in [0.05, 0.1) is 7.11 Å². The minimum absolute atomic E-state index is 0.305. The van der Waals surface area contributed by atoms with E-state index >= 15 is 0 Å². The SMILES string of the molecule is CCS(=O)C1CCCC(NC(=NC)NCc2cc(Br)ccc2OC)C1. The van der Waals surface area contributed by atoms with Crippen LogP contribution >= 0.6 is 15.9 Å². The topological polar surface area (TPSA) is 62.7 Å². The van der Waals surface area contributed by atoms with E-state index in [-0.39, 0.29) is 0 Å². The van der Waals surface area contributed by atoms with Crippen LogP contribution in [0.4, 0.5) is 0 Å². The Kier molecular flexibility index (Phi) is 8.22. The lowest BCUT2D eigenvalue weighted by molar-refractivity contribution is 0.407. The molecule has 0 aliphatic heterocycles. The summed E-state index contributed by atoms with van der Waals surface area (Å²) in [5, 5.41) is 7.15. The predicted octanol–water partition coefficient (Wildman–Crippen LogP) is 3.20. The van der Waals surface area contributed by atoms with Crippen LogP contribution in [0.15, 0.2) is 27.7 Å².